The topological polar surface area (TPSA) is 37.6 Å². The van der Waals surface area contributed by atoms with Crippen LogP contribution in [0.25, 0.3) is 0 Å². The van der Waals surface area contributed by atoms with E-state index in [0.717, 1.165) is 28.4 Å². The first-order chi connectivity index (χ1) is 11.3. The Labute approximate surface area is 140 Å². The van der Waals surface area contributed by atoms with E-state index in [0.29, 0.717) is 5.84 Å². The number of aliphatic imine (C=N–C) groups is 2. The highest BCUT2D eigenvalue weighted by molar-refractivity contribution is 7.10. The highest BCUT2D eigenvalue weighted by atomic mass is 32.1. The van der Waals surface area contributed by atoms with Gasteiger partial charge in [0.2, 0.25) is 0 Å². The van der Waals surface area contributed by atoms with Crippen LogP contribution < -0.4 is 0 Å². The molecule has 0 fully saturated rings. The molecule has 0 aliphatic carbocycles. The number of nitrogens with zero attached hydrogens (tertiary/aromatic N) is 3. The Kier molecular flexibility index (Phi) is 4.74. The fourth-order valence-corrected chi connectivity index (χ4v) is 2.93. The largest absolute Gasteiger partial charge is 0.249 e. The molecule has 0 aliphatic rings. The number of thiophene rings is 1. The first kappa shape index (κ1) is 15.3. The van der Waals surface area contributed by atoms with Gasteiger partial charge in [-0.05, 0) is 42.8 Å². The molecule has 3 nitrogen and oxygen atoms in total. The molecule has 0 atom stereocenters. The molecule has 23 heavy (non-hydrogen) atoms. The third-order valence-corrected chi connectivity index (χ3v) is 4.31. The number of rotatable bonds is 4. The molecule has 0 aliphatic heterocycles. The van der Waals surface area contributed by atoms with Crippen molar-refractivity contribution in [2.45, 2.75) is 13.3 Å². The molecule has 0 N–H and O–H groups in total. The van der Waals surface area contributed by atoms with Crippen molar-refractivity contribution >= 4 is 29.6 Å². The third kappa shape index (κ3) is 3.79. The van der Waals surface area contributed by atoms with Crippen LogP contribution in [0.2, 0.25) is 0 Å². The molecule has 0 radical (unpaired) electrons. The van der Waals surface area contributed by atoms with Crippen LogP contribution in [0.4, 0.5) is 5.69 Å². The zero-order chi connectivity index (χ0) is 16.1. The Balaban J connectivity index is 1.90. The third-order valence-electron chi connectivity index (χ3n) is 3.47. The van der Waals surface area contributed by atoms with Crippen LogP contribution in [-0.4, -0.2) is 17.5 Å². The molecule has 0 amide bonds. The molecule has 114 valence electrons. The average Bonchev–Trinajstić information content (AvgIpc) is 2.99. The second-order valence-corrected chi connectivity index (χ2v) is 6.25. The van der Waals surface area contributed by atoms with Gasteiger partial charge in [0.25, 0.3) is 0 Å². The summed E-state index contributed by atoms with van der Waals surface area (Å²) in [5.74, 6) is 0.557. The molecule has 0 bridgehead atoms. The fraction of sp³-hybridized carbons (Fsp3) is 0.105. The maximum atomic E-state index is 4.69. The maximum absolute atomic E-state index is 4.69. The van der Waals surface area contributed by atoms with Crippen LogP contribution in [0.15, 0.2) is 70.0 Å². The summed E-state index contributed by atoms with van der Waals surface area (Å²) in [6.45, 7) is 5.69. The van der Waals surface area contributed by atoms with Crippen molar-refractivity contribution in [2.24, 2.45) is 9.98 Å². The van der Waals surface area contributed by atoms with Crippen molar-refractivity contribution in [3.8, 4) is 0 Å². The van der Waals surface area contributed by atoms with Crippen molar-refractivity contribution in [3.05, 3.63) is 81.8 Å². The second-order valence-electron chi connectivity index (χ2n) is 5.13. The lowest BCUT2D eigenvalue weighted by Crippen LogP contribution is -2.03. The van der Waals surface area contributed by atoms with Crippen LogP contribution >= 0.6 is 11.3 Å². The predicted octanol–water partition coefficient (Wildman–Crippen LogP) is 4.82. The molecule has 0 saturated heterocycles. The monoisotopic (exact) mass is 319 g/mol. The lowest BCUT2D eigenvalue weighted by Gasteiger charge is -2.05. The summed E-state index contributed by atoms with van der Waals surface area (Å²) in [5, 5.41) is 2.02. The van der Waals surface area contributed by atoms with E-state index in [2.05, 4.69) is 33.8 Å². The number of benzene rings is 1. The number of pyridine rings is 1. The van der Waals surface area contributed by atoms with E-state index in [-0.39, 0.29) is 0 Å². The number of amidine groups is 1. The van der Waals surface area contributed by atoms with Gasteiger partial charge >= 0.3 is 0 Å². The summed E-state index contributed by atoms with van der Waals surface area (Å²) in [6.07, 6.45) is 0.788. The van der Waals surface area contributed by atoms with Gasteiger partial charge in [0, 0.05) is 17.0 Å². The SMILES string of the molecule is C=NC(=Nc1ccsc1C)c1cccc(Cc2ccccc2)n1. The molecule has 2 aromatic heterocycles. The minimum absolute atomic E-state index is 0.557. The summed E-state index contributed by atoms with van der Waals surface area (Å²) < 4.78 is 0. The normalized spacial score (nSPS) is 11.4. The van der Waals surface area contributed by atoms with E-state index in [1.807, 2.05) is 54.8 Å². The predicted molar refractivity (Wildman–Crippen MR) is 98.3 cm³/mol. The number of aromatic nitrogens is 1. The minimum Gasteiger partial charge on any atom is -0.249 e. The van der Waals surface area contributed by atoms with E-state index >= 15 is 0 Å². The fourth-order valence-electron chi connectivity index (χ4n) is 2.29. The minimum atomic E-state index is 0.557. The molecule has 1 aromatic carbocycles. The summed E-state index contributed by atoms with van der Waals surface area (Å²) >= 11 is 1.67. The zero-order valence-corrected chi connectivity index (χ0v) is 13.8. The van der Waals surface area contributed by atoms with Gasteiger partial charge < -0.3 is 0 Å². The Hall–Kier alpha value is -2.59. The Morgan fingerprint density at radius 1 is 1.09 bits per heavy atom. The smallest absolute Gasteiger partial charge is 0.178 e. The van der Waals surface area contributed by atoms with Gasteiger partial charge in [-0.1, -0.05) is 36.4 Å². The van der Waals surface area contributed by atoms with E-state index in [9.17, 15) is 0 Å². The summed E-state index contributed by atoms with van der Waals surface area (Å²) in [7, 11) is 0. The van der Waals surface area contributed by atoms with Crippen molar-refractivity contribution in [1.82, 2.24) is 4.98 Å². The molecular weight excluding hydrogens is 302 g/mol. The van der Waals surface area contributed by atoms with Crippen LogP contribution in [-0.2, 0) is 6.42 Å². The molecule has 0 unspecified atom stereocenters. The second kappa shape index (κ2) is 7.11. The van der Waals surface area contributed by atoms with Gasteiger partial charge in [-0.15, -0.1) is 11.3 Å². The maximum Gasteiger partial charge on any atom is 0.178 e. The van der Waals surface area contributed by atoms with Crippen LogP contribution in [0.1, 0.15) is 21.8 Å². The summed E-state index contributed by atoms with van der Waals surface area (Å²) in [5.41, 5.74) is 3.90. The molecular formula is C19H17N3S. The molecule has 4 heteroatoms. The Morgan fingerprint density at radius 2 is 1.91 bits per heavy atom. The van der Waals surface area contributed by atoms with Gasteiger partial charge in [0.15, 0.2) is 5.84 Å². The van der Waals surface area contributed by atoms with E-state index in [1.54, 1.807) is 11.3 Å². The lowest BCUT2D eigenvalue weighted by atomic mass is 10.1. The molecule has 0 spiro atoms. The van der Waals surface area contributed by atoms with E-state index < -0.39 is 0 Å². The first-order valence-electron chi connectivity index (χ1n) is 7.36. The van der Waals surface area contributed by atoms with Crippen LogP contribution in [0.3, 0.4) is 0 Å². The highest BCUT2D eigenvalue weighted by Crippen LogP contribution is 2.24. The van der Waals surface area contributed by atoms with Crippen LogP contribution in [0, 0.1) is 6.92 Å². The lowest BCUT2D eigenvalue weighted by molar-refractivity contribution is 1.06. The number of aryl methyl sites for hydroxylation is 1. The molecule has 0 saturated carbocycles. The van der Waals surface area contributed by atoms with Crippen molar-refractivity contribution in [1.29, 1.82) is 0 Å². The summed E-state index contributed by atoms with van der Waals surface area (Å²) in [6, 6.07) is 18.2. The van der Waals surface area contributed by atoms with E-state index in [1.165, 1.54) is 5.56 Å². The Morgan fingerprint density at radius 3 is 2.61 bits per heavy atom. The standard InChI is InChI=1S/C19H17N3S/c1-14-17(11-12-23-14)22-19(20-2)18-10-6-9-16(21-18)13-15-7-4-3-5-8-15/h3-12H,2,13H2,1H3. The van der Waals surface area contributed by atoms with Gasteiger partial charge in [-0.25, -0.2) is 15.0 Å². The van der Waals surface area contributed by atoms with Crippen molar-refractivity contribution in [2.75, 3.05) is 0 Å². The highest BCUT2D eigenvalue weighted by Gasteiger charge is 2.07. The van der Waals surface area contributed by atoms with Gasteiger partial charge in [-0.2, -0.15) is 0 Å². The number of hydrogen-bond acceptors (Lipinski definition) is 3. The average molecular weight is 319 g/mol. The van der Waals surface area contributed by atoms with Gasteiger partial charge in [-0.3, -0.25) is 0 Å². The summed E-state index contributed by atoms with van der Waals surface area (Å²) in [4.78, 5) is 14.5. The molecule has 3 aromatic rings. The van der Waals surface area contributed by atoms with Crippen molar-refractivity contribution < 1.29 is 0 Å². The van der Waals surface area contributed by atoms with Gasteiger partial charge in [0.1, 0.15) is 5.69 Å². The molecule has 3 rings (SSSR count). The van der Waals surface area contributed by atoms with E-state index in [4.69, 9.17) is 0 Å². The quantitative estimate of drug-likeness (QED) is 0.502. The Bertz CT molecular complexity index is 835. The zero-order valence-electron chi connectivity index (χ0n) is 12.9. The van der Waals surface area contributed by atoms with Crippen molar-refractivity contribution in [3.63, 3.8) is 0 Å². The number of hydrogen-bond donors (Lipinski definition) is 0. The van der Waals surface area contributed by atoms with Gasteiger partial charge in [0.05, 0.1) is 5.69 Å². The van der Waals surface area contributed by atoms with Crippen LogP contribution in [0.5, 0.6) is 0 Å². The first-order valence-corrected chi connectivity index (χ1v) is 8.24. The molecule has 2 heterocycles.